The Hall–Kier alpha value is -0.890. The van der Waals surface area contributed by atoms with Gasteiger partial charge in [0.15, 0.2) is 0 Å². The third-order valence-corrected chi connectivity index (χ3v) is 4.55. The molecule has 1 saturated carbocycles. The molecule has 0 saturated heterocycles. The number of benzene rings is 1. The summed E-state index contributed by atoms with van der Waals surface area (Å²) in [6, 6.07) is 7.57. The molecule has 0 aliphatic heterocycles. The van der Waals surface area contributed by atoms with Crippen LogP contribution in [0.4, 0.5) is 4.39 Å². The fraction of sp³-hybridized carbons (Fsp3) is 0.667. The molecule has 1 atom stereocenters. The number of likely N-dealkylation sites (N-methyl/N-ethyl adjacent to an activating group) is 1. The van der Waals surface area contributed by atoms with Gasteiger partial charge in [-0.25, -0.2) is 4.39 Å². The molecule has 1 aromatic rings. The van der Waals surface area contributed by atoms with Crippen molar-refractivity contribution < 1.29 is 4.39 Å². The van der Waals surface area contributed by atoms with E-state index >= 15 is 0 Å². The van der Waals surface area contributed by atoms with Crippen LogP contribution >= 0.6 is 0 Å². The quantitative estimate of drug-likeness (QED) is 0.822. The van der Waals surface area contributed by atoms with E-state index in [2.05, 4.69) is 12.2 Å². The van der Waals surface area contributed by atoms with Crippen molar-refractivity contribution in [1.82, 2.24) is 5.32 Å². The van der Waals surface area contributed by atoms with Crippen LogP contribution in [0.2, 0.25) is 0 Å². The molecule has 0 aromatic heterocycles. The Bertz CT molecular complexity index is 366. The van der Waals surface area contributed by atoms with Crippen LogP contribution in [0.1, 0.15) is 57.4 Å². The number of nitrogens with one attached hydrogen (secondary N) is 1. The molecule has 1 fully saturated rings. The van der Waals surface area contributed by atoms with E-state index in [0.29, 0.717) is 6.04 Å². The minimum absolute atomic E-state index is 0.139. The first-order chi connectivity index (χ1) is 9.79. The van der Waals surface area contributed by atoms with Crippen molar-refractivity contribution in [1.29, 1.82) is 0 Å². The first-order valence-corrected chi connectivity index (χ1v) is 8.27. The van der Waals surface area contributed by atoms with E-state index in [-0.39, 0.29) is 5.82 Å². The summed E-state index contributed by atoms with van der Waals surface area (Å²) < 4.78 is 13.0. The van der Waals surface area contributed by atoms with Gasteiger partial charge in [0.25, 0.3) is 0 Å². The molecule has 0 heterocycles. The zero-order valence-electron chi connectivity index (χ0n) is 12.7. The van der Waals surface area contributed by atoms with Crippen LogP contribution in [-0.2, 0) is 6.42 Å². The van der Waals surface area contributed by atoms with Gasteiger partial charge in [0, 0.05) is 6.04 Å². The number of hydrogen-bond acceptors (Lipinski definition) is 1. The van der Waals surface area contributed by atoms with Gasteiger partial charge in [-0.3, -0.25) is 0 Å². The Morgan fingerprint density at radius 3 is 2.25 bits per heavy atom. The fourth-order valence-corrected chi connectivity index (χ4v) is 3.43. The lowest BCUT2D eigenvalue weighted by molar-refractivity contribution is 0.286. The lowest BCUT2D eigenvalue weighted by Gasteiger charge is -2.29. The molecule has 1 aliphatic carbocycles. The van der Waals surface area contributed by atoms with Crippen molar-refractivity contribution in [2.75, 3.05) is 6.54 Å². The fourth-order valence-electron chi connectivity index (χ4n) is 3.43. The van der Waals surface area contributed by atoms with Crippen molar-refractivity contribution >= 4 is 0 Å². The average molecular weight is 277 g/mol. The molecule has 1 nitrogen and oxygen atoms in total. The highest BCUT2D eigenvalue weighted by molar-refractivity contribution is 5.17. The van der Waals surface area contributed by atoms with E-state index in [0.717, 1.165) is 18.9 Å². The Morgan fingerprint density at radius 1 is 1.05 bits per heavy atom. The second kappa shape index (κ2) is 8.41. The third-order valence-electron chi connectivity index (χ3n) is 4.55. The predicted octanol–water partition coefficient (Wildman–Crippen LogP) is 4.71. The smallest absolute Gasteiger partial charge is 0.123 e. The topological polar surface area (TPSA) is 12.0 Å². The molecule has 2 rings (SSSR count). The summed E-state index contributed by atoms with van der Waals surface area (Å²) in [7, 11) is 0. The first kappa shape index (κ1) is 15.5. The monoisotopic (exact) mass is 277 g/mol. The Balaban J connectivity index is 1.98. The molecule has 1 aromatic carbocycles. The highest BCUT2D eigenvalue weighted by Gasteiger charge is 2.21. The lowest BCUT2D eigenvalue weighted by atomic mass is 9.83. The largest absolute Gasteiger partial charge is 0.314 e. The first-order valence-electron chi connectivity index (χ1n) is 8.27. The van der Waals surface area contributed by atoms with E-state index in [4.69, 9.17) is 0 Å². The van der Waals surface area contributed by atoms with Crippen molar-refractivity contribution in [2.24, 2.45) is 5.92 Å². The van der Waals surface area contributed by atoms with E-state index in [1.54, 1.807) is 12.1 Å². The summed E-state index contributed by atoms with van der Waals surface area (Å²) in [5, 5.41) is 3.67. The third kappa shape index (κ3) is 4.90. The second-order valence-electron chi connectivity index (χ2n) is 6.10. The van der Waals surface area contributed by atoms with Crippen LogP contribution in [0.5, 0.6) is 0 Å². The minimum Gasteiger partial charge on any atom is -0.314 e. The summed E-state index contributed by atoms with van der Waals surface area (Å²) in [6.07, 6.45) is 10.7. The van der Waals surface area contributed by atoms with Gasteiger partial charge in [0.1, 0.15) is 5.82 Å². The van der Waals surface area contributed by atoms with Crippen LogP contribution in [0.3, 0.4) is 0 Å². The maximum absolute atomic E-state index is 13.0. The zero-order valence-corrected chi connectivity index (χ0v) is 12.7. The molecule has 20 heavy (non-hydrogen) atoms. The van der Waals surface area contributed by atoms with E-state index in [9.17, 15) is 4.39 Å². The Morgan fingerprint density at radius 2 is 1.65 bits per heavy atom. The van der Waals surface area contributed by atoms with Gasteiger partial charge < -0.3 is 5.32 Å². The lowest BCUT2D eigenvalue weighted by Crippen LogP contribution is -2.38. The molecule has 0 radical (unpaired) electrons. The van der Waals surface area contributed by atoms with E-state index in [1.807, 2.05) is 12.1 Å². The molecule has 1 aliphatic rings. The minimum atomic E-state index is -0.139. The van der Waals surface area contributed by atoms with Gasteiger partial charge in [-0.2, -0.15) is 0 Å². The molecule has 0 bridgehead atoms. The van der Waals surface area contributed by atoms with Gasteiger partial charge in [0.2, 0.25) is 0 Å². The van der Waals surface area contributed by atoms with Crippen LogP contribution in [-0.4, -0.2) is 12.6 Å². The molecule has 112 valence electrons. The second-order valence-corrected chi connectivity index (χ2v) is 6.10. The van der Waals surface area contributed by atoms with Crippen molar-refractivity contribution in [3.05, 3.63) is 35.6 Å². The summed E-state index contributed by atoms with van der Waals surface area (Å²) in [4.78, 5) is 0. The van der Waals surface area contributed by atoms with Crippen LogP contribution in [0, 0.1) is 11.7 Å². The van der Waals surface area contributed by atoms with Gasteiger partial charge >= 0.3 is 0 Å². The summed E-state index contributed by atoms with van der Waals surface area (Å²) in [5.74, 6) is 0.639. The average Bonchev–Trinajstić information content (AvgIpc) is 2.41. The van der Waals surface area contributed by atoms with Gasteiger partial charge in [-0.05, 0) is 49.4 Å². The SMILES string of the molecule is CCNC(Cc1ccc(F)cc1)C1CCCCCCC1. The molecular formula is C18H28FN. The van der Waals surface area contributed by atoms with Crippen molar-refractivity contribution in [3.8, 4) is 0 Å². The Kier molecular flexibility index (Phi) is 6.52. The van der Waals surface area contributed by atoms with Crippen molar-refractivity contribution in [3.63, 3.8) is 0 Å². The zero-order chi connectivity index (χ0) is 14.2. The number of hydrogen-bond donors (Lipinski definition) is 1. The van der Waals surface area contributed by atoms with Gasteiger partial charge in [0.05, 0.1) is 0 Å². The van der Waals surface area contributed by atoms with Crippen LogP contribution < -0.4 is 5.32 Å². The van der Waals surface area contributed by atoms with E-state index < -0.39 is 0 Å². The maximum atomic E-state index is 13.0. The predicted molar refractivity (Wildman–Crippen MR) is 83.4 cm³/mol. The Labute approximate surface area is 123 Å². The van der Waals surface area contributed by atoms with E-state index in [1.165, 1.54) is 50.5 Å². The summed E-state index contributed by atoms with van der Waals surface area (Å²) >= 11 is 0. The van der Waals surface area contributed by atoms with Crippen molar-refractivity contribution in [2.45, 2.75) is 64.3 Å². The highest BCUT2D eigenvalue weighted by Crippen LogP contribution is 2.26. The molecule has 0 spiro atoms. The number of halogens is 1. The molecule has 0 amide bonds. The standard InChI is InChI=1S/C18H28FN/c1-2-20-18(14-15-10-12-17(19)13-11-15)16-8-6-4-3-5-7-9-16/h10-13,16,18,20H,2-9,14H2,1H3. The maximum Gasteiger partial charge on any atom is 0.123 e. The number of rotatable bonds is 5. The summed E-state index contributed by atoms with van der Waals surface area (Å²) in [6.45, 7) is 3.20. The molecule has 1 N–H and O–H groups in total. The summed E-state index contributed by atoms with van der Waals surface area (Å²) in [5.41, 5.74) is 1.25. The molecular weight excluding hydrogens is 249 g/mol. The van der Waals surface area contributed by atoms with Crippen LogP contribution in [0.25, 0.3) is 0 Å². The van der Waals surface area contributed by atoms with Crippen LogP contribution in [0.15, 0.2) is 24.3 Å². The molecule has 1 unspecified atom stereocenters. The normalized spacial score (nSPS) is 19.3. The van der Waals surface area contributed by atoms with Gasteiger partial charge in [-0.15, -0.1) is 0 Å². The highest BCUT2D eigenvalue weighted by atomic mass is 19.1. The van der Waals surface area contributed by atoms with Gasteiger partial charge in [-0.1, -0.05) is 51.2 Å². The molecule has 2 heteroatoms.